The largest absolute Gasteiger partial charge is 0.324 e. The number of nitrogen functional groups attached to an aromatic ring is 1. The number of nitrogens with one attached hydrogen (secondary N) is 1. The van der Waals surface area contributed by atoms with Crippen molar-refractivity contribution in [3.8, 4) is 0 Å². The highest BCUT2D eigenvalue weighted by atomic mass is 15.2. The summed E-state index contributed by atoms with van der Waals surface area (Å²) in [6, 6.07) is 6.07. The molecule has 0 amide bonds. The van der Waals surface area contributed by atoms with Crippen molar-refractivity contribution in [1.82, 2.24) is 0 Å². The Morgan fingerprint density at radius 2 is 2.23 bits per heavy atom. The zero-order valence-corrected chi connectivity index (χ0v) is 7.75. The van der Waals surface area contributed by atoms with Gasteiger partial charge in [0.1, 0.15) is 0 Å². The summed E-state index contributed by atoms with van der Waals surface area (Å²) in [6.07, 6.45) is 5.58. The zero-order chi connectivity index (χ0) is 9.68. The van der Waals surface area contributed by atoms with Crippen LogP contribution < -0.4 is 11.3 Å². The van der Waals surface area contributed by atoms with E-state index in [2.05, 4.69) is 12.0 Å². The molecular formula is C11H14N2. The van der Waals surface area contributed by atoms with E-state index in [1.54, 1.807) is 6.08 Å². The summed E-state index contributed by atoms with van der Waals surface area (Å²) in [7, 11) is 0. The van der Waals surface area contributed by atoms with Crippen LogP contribution >= 0.6 is 0 Å². The van der Waals surface area contributed by atoms with E-state index in [9.17, 15) is 0 Å². The standard InChI is InChI=1S/C11H14N2/c1-3-4-5-10-7-6-9(2)8-11(10)13-12/h3-8,13H,1,12H2,2H3/b5-4-. The summed E-state index contributed by atoms with van der Waals surface area (Å²) in [5.74, 6) is 5.38. The molecule has 13 heavy (non-hydrogen) atoms. The van der Waals surface area contributed by atoms with Crippen LogP contribution in [-0.2, 0) is 0 Å². The lowest BCUT2D eigenvalue weighted by Crippen LogP contribution is -2.08. The molecule has 0 heterocycles. The fourth-order valence-electron chi connectivity index (χ4n) is 1.11. The Hall–Kier alpha value is -1.54. The second-order valence-electron chi connectivity index (χ2n) is 2.83. The van der Waals surface area contributed by atoms with E-state index in [-0.39, 0.29) is 0 Å². The number of benzene rings is 1. The van der Waals surface area contributed by atoms with Crippen molar-refractivity contribution in [1.29, 1.82) is 0 Å². The summed E-state index contributed by atoms with van der Waals surface area (Å²) < 4.78 is 0. The maximum Gasteiger partial charge on any atom is 0.0560 e. The van der Waals surface area contributed by atoms with Gasteiger partial charge in [-0.2, -0.15) is 0 Å². The molecule has 2 heteroatoms. The predicted octanol–water partition coefficient (Wildman–Crippen LogP) is 2.48. The first-order valence-electron chi connectivity index (χ1n) is 4.14. The first-order valence-corrected chi connectivity index (χ1v) is 4.14. The Morgan fingerprint density at radius 3 is 2.85 bits per heavy atom. The molecule has 0 unspecified atom stereocenters. The van der Waals surface area contributed by atoms with Crippen LogP contribution in [0, 0.1) is 6.92 Å². The van der Waals surface area contributed by atoms with Gasteiger partial charge in [-0.3, -0.25) is 5.84 Å². The lowest BCUT2D eigenvalue weighted by Gasteiger charge is -2.05. The maximum atomic E-state index is 5.38. The molecular weight excluding hydrogens is 160 g/mol. The highest BCUT2D eigenvalue weighted by molar-refractivity contribution is 5.67. The van der Waals surface area contributed by atoms with Crippen LogP contribution in [0.4, 0.5) is 5.69 Å². The molecule has 1 aromatic carbocycles. The molecule has 0 atom stereocenters. The Bertz CT molecular complexity index is 327. The highest BCUT2D eigenvalue weighted by Gasteiger charge is 1.96. The van der Waals surface area contributed by atoms with Crippen LogP contribution in [-0.4, -0.2) is 0 Å². The van der Waals surface area contributed by atoms with Crippen molar-refractivity contribution in [3.63, 3.8) is 0 Å². The zero-order valence-electron chi connectivity index (χ0n) is 7.75. The quantitative estimate of drug-likeness (QED) is 0.419. The number of hydrogen-bond donors (Lipinski definition) is 2. The fraction of sp³-hybridized carbons (Fsp3) is 0.0909. The molecule has 1 aromatic rings. The van der Waals surface area contributed by atoms with Crippen molar-refractivity contribution in [2.75, 3.05) is 5.43 Å². The molecule has 0 radical (unpaired) electrons. The van der Waals surface area contributed by atoms with Crippen LogP contribution in [0.3, 0.4) is 0 Å². The Morgan fingerprint density at radius 1 is 1.46 bits per heavy atom. The second-order valence-corrected chi connectivity index (χ2v) is 2.83. The van der Waals surface area contributed by atoms with Gasteiger partial charge < -0.3 is 5.43 Å². The molecule has 0 spiro atoms. The van der Waals surface area contributed by atoms with E-state index >= 15 is 0 Å². The second kappa shape index (κ2) is 4.48. The number of allylic oxidation sites excluding steroid dienone is 2. The topological polar surface area (TPSA) is 38.0 Å². The minimum atomic E-state index is 0.929. The SMILES string of the molecule is C=C/C=C\c1ccc(C)cc1NN. The van der Waals surface area contributed by atoms with E-state index in [0.717, 1.165) is 11.3 Å². The van der Waals surface area contributed by atoms with Gasteiger partial charge in [-0.25, -0.2) is 0 Å². The maximum absolute atomic E-state index is 5.38. The lowest BCUT2D eigenvalue weighted by atomic mass is 10.1. The Labute approximate surface area is 78.7 Å². The van der Waals surface area contributed by atoms with Crippen molar-refractivity contribution in [2.45, 2.75) is 6.92 Å². The van der Waals surface area contributed by atoms with E-state index < -0.39 is 0 Å². The van der Waals surface area contributed by atoms with Crippen molar-refractivity contribution in [3.05, 3.63) is 48.1 Å². The third kappa shape index (κ3) is 2.46. The molecule has 0 aromatic heterocycles. The molecule has 3 N–H and O–H groups in total. The van der Waals surface area contributed by atoms with Gasteiger partial charge in [0.15, 0.2) is 0 Å². The van der Waals surface area contributed by atoms with Gasteiger partial charge in [-0.05, 0) is 24.1 Å². The molecule has 1 rings (SSSR count). The molecule has 0 saturated heterocycles. The van der Waals surface area contributed by atoms with Crippen LogP contribution in [0.5, 0.6) is 0 Å². The molecule has 0 bridgehead atoms. The molecule has 2 nitrogen and oxygen atoms in total. The van der Waals surface area contributed by atoms with Crippen molar-refractivity contribution < 1.29 is 0 Å². The Kier molecular flexibility index (Phi) is 3.29. The number of hydrogen-bond acceptors (Lipinski definition) is 2. The van der Waals surface area contributed by atoms with Gasteiger partial charge in [0.25, 0.3) is 0 Å². The normalized spacial score (nSPS) is 10.3. The molecule has 0 aliphatic heterocycles. The summed E-state index contributed by atoms with van der Waals surface area (Å²) in [5, 5.41) is 0. The molecule has 68 valence electrons. The van der Waals surface area contributed by atoms with Crippen molar-refractivity contribution >= 4 is 11.8 Å². The average Bonchev–Trinajstić information content (AvgIpc) is 2.16. The van der Waals surface area contributed by atoms with Gasteiger partial charge in [-0.1, -0.05) is 36.9 Å². The molecule has 0 aliphatic rings. The van der Waals surface area contributed by atoms with Crippen LogP contribution in [0.2, 0.25) is 0 Å². The van der Waals surface area contributed by atoms with Crippen LogP contribution in [0.15, 0.2) is 36.9 Å². The summed E-state index contributed by atoms with van der Waals surface area (Å²) in [4.78, 5) is 0. The van der Waals surface area contributed by atoms with Crippen LogP contribution in [0.1, 0.15) is 11.1 Å². The molecule has 0 aliphatic carbocycles. The third-order valence-electron chi connectivity index (χ3n) is 1.78. The van der Waals surface area contributed by atoms with Gasteiger partial charge in [0, 0.05) is 0 Å². The number of rotatable bonds is 3. The number of hydrazine groups is 1. The third-order valence-corrected chi connectivity index (χ3v) is 1.78. The van der Waals surface area contributed by atoms with E-state index in [0.29, 0.717) is 0 Å². The van der Waals surface area contributed by atoms with E-state index in [1.807, 2.05) is 37.3 Å². The van der Waals surface area contributed by atoms with Gasteiger partial charge in [0.2, 0.25) is 0 Å². The first kappa shape index (κ1) is 9.55. The number of aryl methyl sites for hydroxylation is 1. The summed E-state index contributed by atoms with van der Waals surface area (Å²) in [5.41, 5.74) is 5.84. The van der Waals surface area contributed by atoms with Crippen LogP contribution in [0.25, 0.3) is 6.08 Å². The predicted molar refractivity (Wildman–Crippen MR) is 58.2 cm³/mol. The summed E-state index contributed by atoms with van der Waals surface area (Å²) in [6.45, 7) is 5.64. The smallest absolute Gasteiger partial charge is 0.0560 e. The molecule has 0 saturated carbocycles. The monoisotopic (exact) mass is 174 g/mol. The van der Waals surface area contributed by atoms with Crippen molar-refractivity contribution in [2.24, 2.45) is 5.84 Å². The highest BCUT2D eigenvalue weighted by Crippen LogP contribution is 2.17. The number of anilines is 1. The minimum absolute atomic E-state index is 0.929. The average molecular weight is 174 g/mol. The van der Waals surface area contributed by atoms with Gasteiger partial charge in [0.05, 0.1) is 5.69 Å². The fourth-order valence-corrected chi connectivity index (χ4v) is 1.11. The van der Waals surface area contributed by atoms with Gasteiger partial charge in [-0.15, -0.1) is 0 Å². The lowest BCUT2D eigenvalue weighted by molar-refractivity contribution is 1.32. The number of nitrogens with two attached hydrogens (primary N) is 1. The van der Waals surface area contributed by atoms with Gasteiger partial charge >= 0.3 is 0 Å². The Balaban J connectivity index is 3.05. The summed E-state index contributed by atoms with van der Waals surface area (Å²) >= 11 is 0. The minimum Gasteiger partial charge on any atom is -0.324 e. The molecule has 0 fully saturated rings. The van der Waals surface area contributed by atoms with E-state index in [1.165, 1.54) is 5.56 Å². The first-order chi connectivity index (χ1) is 6.27. The van der Waals surface area contributed by atoms with E-state index in [4.69, 9.17) is 5.84 Å².